The molecule has 0 spiro atoms. The van der Waals surface area contributed by atoms with Crippen LogP contribution >= 0.6 is 0 Å². The maximum Gasteiger partial charge on any atom is 0.136 e. The molecule has 0 saturated heterocycles. The third-order valence-electron chi connectivity index (χ3n) is 7.31. The van der Waals surface area contributed by atoms with Crippen molar-refractivity contribution in [1.29, 1.82) is 0 Å². The summed E-state index contributed by atoms with van der Waals surface area (Å²) in [4.78, 5) is 9.86. The first kappa shape index (κ1) is 20.2. The largest absolute Gasteiger partial charge is 0.456 e. The van der Waals surface area contributed by atoms with Gasteiger partial charge in [0, 0.05) is 27.7 Å². The zero-order valence-corrected chi connectivity index (χ0v) is 19.8. The number of hydrogen-bond donors (Lipinski definition) is 0. The number of para-hydroxylation sites is 1. The van der Waals surface area contributed by atoms with Gasteiger partial charge < -0.3 is 4.42 Å². The van der Waals surface area contributed by atoms with Crippen LogP contribution in [0.4, 0.5) is 0 Å². The minimum absolute atomic E-state index is 0.856. The fourth-order valence-electron chi connectivity index (χ4n) is 5.65. The predicted octanol–water partition coefficient (Wildman–Crippen LogP) is 9.17. The molecule has 0 radical (unpaired) electrons. The number of furan rings is 1. The highest BCUT2D eigenvalue weighted by Crippen LogP contribution is 2.41. The van der Waals surface area contributed by atoms with Gasteiger partial charge in [0.2, 0.25) is 0 Å². The van der Waals surface area contributed by atoms with Gasteiger partial charge in [-0.2, -0.15) is 0 Å². The Morgan fingerprint density at radius 2 is 1.30 bits per heavy atom. The maximum atomic E-state index is 6.32. The normalized spacial score (nSPS) is 11.8. The number of rotatable bonds is 2. The Labute approximate surface area is 212 Å². The zero-order chi connectivity index (χ0) is 24.3. The first-order chi connectivity index (χ1) is 18.3. The van der Waals surface area contributed by atoms with Crippen molar-refractivity contribution in [3.8, 4) is 22.5 Å². The summed E-state index contributed by atoms with van der Waals surface area (Å²) in [6, 6.07) is 39.9. The zero-order valence-electron chi connectivity index (χ0n) is 19.8. The summed E-state index contributed by atoms with van der Waals surface area (Å²) < 4.78 is 6.32. The van der Waals surface area contributed by atoms with Gasteiger partial charge in [-0.05, 0) is 57.6 Å². The van der Waals surface area contributed by atoms with Gasteiger partial charge in [-0.15, -0.1) is 0 Å². The molecule has 0 saturated carbocycles. The summed E-state index contributed by atoms with van der Waals surface area (Å²) >= 11 is 0. The quantitative estimate of drug-likeness (QED) is 0.235. The van der Waals surface area contributed by atoms with Gasteiger partial charge in [-0.25, -0.2) is 4.98 Å². The summed E-state index contributed by atoms with van der Waals surface area (Å²) in [6.45, 7) is 0. The molecule has 0 bridgehead atoms. The topological polar surface area (TPSA) is 38.9 Å². The molecule has 3 heterocycles. The molecule has 0 atom stereocenters. The van der Waals surface area contributed by atoms with Crippen molar-refractivity contribution >= 4 is 54.4 Å². The number of pyridine rings is 2. The van der Waals surface area contributed by atoms with Crippen molar-refractivity contribution in [3.05, 3.63) is 121 Å². The lowest BCUT2D eigenvalue weighted by Gasteiger charge is -2.11. The van der Waals surface area contributed by atoms with Crippen LogP contribution in [0.25, 0.3) is 76.9 Å². The summed E-state index contributed by atoms with van der Waals surface area (Å²) in [5.41, 5.74) is 6.72. The third-order valence-corrected chi connectivity index (χ3v) is 7.31. The molecule has 0 aliphatic carbocycles. The highest BCUT2D eigenvalue weighted by atomic mass is 16.3. The molecule has 0 N–H and O–H groups in total. The molecule has 3 nitrogen and oxygen atoms in total. The fraction of sp³-hybridized carbons (Fsp3) is 0. The van der Waals surface area contributed by atoms with Crippen LogP contribution in [0.1, 0.15) is 0 Å². The standard InChI is InChI=1S/C34H20N2O/c1-2-9-23-21(8-1)16-17-31-32(23)33-24(13-7-15-30(33)37-31)22-18-19-35-29(20-22)34-27-12-4-3-10-25(27)26-11-5-6-14-28(26)36-34/h1-20H. The van der Waals surface area contributed by atoms with E-state index in [9.17, 15) is 0 Å². The molecule has 37 heavy (non-hydrogen) atoms. The summed E-state index contributed by atoms with van der Waals surface area (Å²) in [5.74, 6) is 0. The van der Waals surface area contributed by atoms with Gasteiger partial charge in [0.05, 0.1) is 16.9 Å². The predicted molar refractivity (Wildman–Crippen MR) is 153 cm³/mol. The Bertz CT molecular complexity index is 2160. The Morgan fingerprint density at radius 1 is 0.541 bits per heavy atom. The van der Waals surface area contributed by atoms with E-state index >= 15 is 0 Å². The molecule has 5 aromatic carbocycles. The smallest absolute Gasteiger partial charge is 0.136 e. The molecular formula is C34H20N2O. The van der Waals surface area contributed by atoms with Crippen LogP contribution in [0.2, 0.25) is 0 Å². The van der Waals surface area contributed by atoms with Gasteiger partial charge in [-0.1, -0.05) is 84.9 Å². The van der Waals surface area contributed by atoms with Crippen LogP contribution in [0.5, 0.6) is 0 Å². The molecular weight excluding hydrogens is 452 g/mol. The lowest BCUT2D eigenvalue weighted by Crippen LogP contribution is -1.92. The van der Waals surface area contributed by atoms with E-state index < -0.39 is 0 Å². The summed E-state index contributed by atoms with van der Waals surface area (Å²) in [6.07, 6.45) is 1.88. The molecule has 172 valence electrons. The van der Waals surface area contributed by atoms with E-state index in [1.807, 2.05) is 18.3 Å². The second kappa shape index (κ2) is 7.74. The summed E-state index contributed by atoms with van der Waals surface area (Å²) in [5, 5.41) is 8.12. The molecule has 0 aliphatic rings. The first-order valence-corrected chi connectivity index (χ1v) is 12.4. The summed E-state index contributed by atoms with van der Waals surface area (Å²) in [7, 11) is 0. The third kappa shape index (κ3) is 3.01. The fourth-order valence-corrected chi connectivity index (χ4v) is 5.65. The van der Waals surface area contributed by atoms with Crippen LogP contribution in [0.3, 0.4) is 0 Å². The van der Waals surface area contributed by atoms with E-state index in [4.69, 9.17) is 14.4 Å². The number of hydrogen-bond acceptors (Lipinski definition) is 3. The van der Waals surface area contributed by atoms with Crippen LogP contribution < -0.4 is 0 Å². The maximum absolute atomic E-state index is 6.32. The molecule has 8 aromatic rings. The molecule has 0 unspecified atom stereocenters. The highest BCUT2D eigenvalue weighted by Gasteiger charge is 2.17. The number of nitrogens with zero attached hydrogens (tertiary/aromatic N) is 2. The molecule has 3 aromatic heterocycles. The monoisotopic (exact) mass is 472 g/mol. The van der Waals surface area contributed by atoms with E-state index in [-0.39, 0.29) is 0 Å². The van der Waals surface area contributed by atoms with Crippen LogP contribution in [0.15, 0.2) is 126 Å². The Morgan fingerprint density at radius 3 is 2.22 bits per heavy atom. The van der Waals surface area contributed by atoms with Crippen LogP contribution in [-0.4, -0.2) is 9.97 Å². The van der Waals surface area contributed by atoms with Gasteiger partial charge in [0.1, 0.15) is 11.2 Å². The SMILES string of the molecule is c1ccc2c(c1)ccc1oc3cccc(-c4ccnc(-c5nc6ccccc6c6ccccc56)c4)c3c12. The van der Waals surface area contributed by atoms with Crippen molar-refractivity contribution < 1.29 is 4.42 Å². The Kier molecular flexibility index (Phi) is 4.23. The minimum atomic E-state index is 0.856. The van der Waals surface area contributed by atoms with Gasteiger partial charge in [-0.3, -0.25) is 4.98 Å². The van der Waals surface area contributed by atoms with Crippen LogP contribution in [-0.2, 0) is 0 Å². The Balaban J connectivity index is 1.41. The van der Waals surface area contributed by atoms with E-state index in [0.717, 1.165) is 60.7 Å². The van der Waals surface area contributed by atoms with E-state index in [1.165, 1.54) is 16.2 Å². The molecule has 0 fully saturated rings. The van der Waals surface area contributed by atoms with Crippen molar-refractivity contribution in [3.63, 3.8) is 0 Å². The first-order valence-electron chi connectivity index (χ1n) is 12.4. The van der Waals surface area contributed by atoms with Crippen molar-refractivity contribution in [2.75, 3.05) is 0 Å². The molecule has 8 rings (SSSR count). The van der Waals surface area contributed by atoms with Crippen molar-refractivity contribution in [1.82, 2.24) is 9.97 Å². The highest BCUT2D eigenvalue weighted by molar-refractivity contribution is 6.22. The van der Waals surface area contributed by atoms with Gasteiger partial charge in [0.25, 0.3) is 0 Å². The van der Waals surface area contributed by atoms with E-state index in [2.05, 4.69) is 103 Å². The Hall–Kier alpha value is -5.02. The second-order valence-corrected chi connectivity index (χ2v) is 9.39. The average Bonchev–Trinajstić information content (AvgIpc) is 3.36. The van der Waals surface area contributed by atoms with Crippen molar-refractivity contribution in [2.45, 2.75) is 0 Å². The number of fused-ring (bicyclic) bond motifs is 8. The van der Waals surface area contributed by atoms with E-state index in [1.54, 1.807) is 0 Å². The lowest BCUT2D eigenvalue weighted by atomic mass is 9.96. The molecule has 3 heteroatoms. The van der Waals surface area contributed by atoms with Gasteiger partial charge in [0.15, 0.2) is 0 Å². The van der Waals surface area contributed by atoms with Crippen LogP contribution in [0, 0.1) is 0 Å². The molecule has 0 amide bonds. The van der Waals surface area contributed by atoms with Crippen molar-refractivity contribution in [2.24, 2.45) is 0 Å². The minimum Gasteiger partial charge on any atom is -0.456 e. The molecule has 0 aliphatic heterocycles. The average molecular weight is 473 g/mol. The number of aromatic nitrogens is 2. The lowest BCUT2D eigenvalue weighted by molar-refractivity contribution is 0.669. The van der Waals surface area contributed by atoms with E-state index in [0.29, 0.717) is 0 Å². The number of benzene rings is 5. The second-order valence-electron chi connectivity index (χ2n) is 9.39. The van der Waals surface area contributed by atoms with Gasteiger partial charge >= 0.3 is 0 Å².